The van der Waals surface area contributed by atoms with Crippen molar-refractivity contribution in [2.75, 3.05) is 13.2 Å². The molecule has 6 nitrogen and oxygen atoms in total. The van der Waals surface area contributed by atoms with E-state index in [-0.39, 0.29) is 18.5 Å². The summed E-state index contributed by atoms with van der Waals surface area (Å²) in [6, 6.07) is -0.567. The van der Waals surface area contributed by atoms with E-state index in [2.05, 4.69) is 43.5 Å². The number of carbonyl (C=O) groups is 2. The quantitative estimate of drug-likeness (QED) is 0.0321. The number of hydrogen-bond acceptors (Lipinski definition) is 5. The zero-order valence-corrected chi connectivity index (χ0v) is 42.3. The van der Waals surface area contributed by atoms with Crippen LogP contribution in [-0.2, 0) is 14.3 Å². The molecule has 2 atom stereocenters. The Morgan fingerprint density at radius 2 is 0.746 bits per heavy atom. The molecule has 0 saturated heterocycles. The number of aliphatic hydroxyl groups is 2. The average molecular weight is 889 g/mol. The first-order valence-corrected chi connectivity index (χ1v) is 28.1. The first-order valence-electron chi connectivity index (χ1n) is 28.1. The highest BCUT2D eigenvalue weighted by Crippen LogP contribution is 2.17. The molecule has 0 aromatic carbocycles. The van der Waals surface area contributed by atoms with Crippen LogP contribution in [0.15, 0.2) is 24.3 Å². The van der Waals surface area contributed by atoms with Gasteiger partial charge in [-0.05, 0) is 77.0 Å². The molecule has 3 N–H and O–H groups in total. The van der Waals surface area contributed by atoms with Gasteiger partial charge in [0.2, 0.25) is 5.91 Å². The van der Waals surface area contributed by atoms with Crippen molar-refractivity contribution in [3.8, 4) is 0 Å². The van der Waals surface area contributed by atoms with E-state index in [9.17, 15) is 19.8 Å². The molecule has 0 aliphatic carbocycles. The summed E-state index contributed by atoms with van der Waals surface area (Å²) in [5.74, 6) is -0.108. The SMILES string of the molecule is CCCCCCCCC/C=C\CCCCCCCCCC(=O)OCCCC/C=C\CCCCCCC(=O)NC(CO)C(O)CCCCCCCCCCCCCCCCCCCC. The number of amides is 1. The number of carbonyl (C=O) groups excluding carboxylic acids is 2. The molecule has 0 radical (unpaired) electrons. The summed E-state index contributed by atoms with van der Waals surface area (Å²) >= 11 is 0. The second-order valence-corrected chi connectivity index (χ2v) is 19.3. The van der Waals surface area contributed by atoms with Crippen LogP contribution in [-0.4, -0.2) is 47.4 Å². The van der Waals surface area contributed by atoms with Gasteiger partial charge in [0, 0.05) is 12.8 Å². The third kappa shape index (κ3) is 49.6. The lowest BCUT2D eigenvalue weighted by atomic mass is 10.0. The molecule has 0 aliphatic heterocycles. The van der Waals surface area contributed by atoms with Gasteiger partial charge in [0.15, 0.2) is 0 Å². The Bertz CT molecular complexity index is 982. The van der Waals surface area contributed by atoms with Gasteiger partial charge in [-0.15, -0.1) is 0 Å². The molecule has 0 aromatic heterocycles. The second-order valence-electron chi connectivity index (χ2n) is 19.3. The van der Waals surface area contributed by atoms with E-state index in [1.165, 1.54) is 193 Å². The van der Waals surface area contributed by atoms with Gasteiger partial charge in [-0.25, -0.2) is 0 Å². The van der Waals surface area contributed by atoms with Gasteiger partial charge >= 0.3 is 5.97 Å². The van der Waals surface area contributed by atoms with Crippen LogP contribution in [0.25, 0.3) is 0 Å². The summed E-state index contributed by atoms with van der Waals surface area (Å²) in [5, 5.41) is 23.3. The summed E-state index contributed by atoms with van der Waals surface area (Å²) in [5.41, 5.74) is 0. The van der Waals surface area contributed by atoms with E-state index in [0.717, 1.165) is 77.0 Å². The fraction of sp³-hybridized carbons (Fsp3) is 0.895. The lowest BCUT2D eigenvalue weighted by Crippen LogP contribution is -2.45. The molecular weight excluding hydrogens is 779 g/mol. The predicted octanol–water partition coefficient (Wildman–Crippen LogP) is 17.1. The molecule has 0 fully saturated rings. The molecule has 0 aromatic rings. The van der Waals surface area contributed by atoms with E-state index < -0.39 is 12.1 Å². The Labute approximate surface area is 392 Å². The molecule has 0 rings (SSSR count). The summed E-state index contributed by atoms with van der Waals surface area (Å²) in [7, 11) is 0. The highest BCUT2D eigenvalue weighted by Gasteiger charge is 2.20. The summed E-state index contributed by atoms with van der Waals surface area (Å²) in [6.07, 6.45) is 63.1. The van der Waals surface area contributed by atoms with Crippen LogP contribution in [0, 0.1) is 0 Å². The van der Waals surface area contributed by atoms with E-state index >= 15 is 0 Å². The van der Waals surface area contributed by atoms with Gasteiger partial charge in [-0.3, -0.25) is 9.59 Å². The Morgan fingerprint density at radius 3 is 1.13 bits per heavy atom. The average Bonchev–Trinajstić information content (AvgIpc) is 3.28. The number of esters is 1. The minimum Gasteiger partial charge on any atom is -0.466 e. The van der Waals surface area contributed by atoms with Crippen LogP contribution >= 0.6 is 0 Å². The molecule has 0 spiro atoms. The predicted molar refractivity (Wildman–Crippen MR) is 273 cm³/mol. The molecule has 2 unspecified atom stereocenters. The van der Waals surface area contributed by atoms with Crippen LogP contribution in [0.4, 0.5) is 0 Å². The maximum atomic E-state index is 12.5. The maximum Gasteiger partial charge on any atom is 0.305 e. The maximum absolute atomic E-state index is 12.5. The van der Waals surface area contributed by atoms with Crippen molar-refractivity contribution in [1.82, 2.24) is 5.32 Å². The summed E-state index contributed by atoms with van der Waals surface area (Å²) in [4.78, 5) is 24.5. The molecule has 63 heavy (non-hydrogen) atoms. The molecule has 1 amide bonds. The Kier molecular flexibility index (Phi) is 51.6. The Hall–Kier alpha value is -1.66. The van der Waals surface area contributed by atoms with E-state index in [0.29, 0.717) is 25.9 Å². The summed E-state index contributed by atoms with van der Waals surface area (Å²) in [6.45, 7) is 4.88. The molecule has 0 saturated carbocycles. The lowest BCUT2D eigenvalue weighted by molar-refractivity contribution is -0.143. The normalized spacial score (nSPS) is 12.8. The number of rotatable bonds is 52. The number of aliphatic hydroxyl groups excluding tert-OH is 2. The van der Waals surface area contributed by atoms with E-state index in [1.54, 1.807) is 0 Å². The van der Waals surface area contributed by atoms with Gasteiger partial charge in [0.1, 0.15) is 0 Å². The van der Waals surface area contributed by atoms with E-state index in [1.807, 2.05) is 0 Å². The van der Waals surface area contributed by atoms with Gasteiger partial charge in [-0.1, -0.05) is 237 Å². The van der Waals surface area contributed by atoms with Crippen LogP contribution in [0.1, 0.15) is 303 Å². The van der Waals surface area contributed by atoms with Crippen LogP contribution in [0.5, 0.6) is 0 Å². The largest absolute Gasteiger partial charge is 0.466 e. The van der Waals surface area contributed by atoms with Crippen molar-refractivity contribution in [2.45, 2.75) is 315 Å². The topological polar surface area (TPSA) is 95.9 Å². The van der Waals surface area contributed by atoms with Crippen LogP contribution < -0.4 is 5.32 Å². The Balaban J connectivity index is 3.51. The molecule has 0 aliphatic rings. The molecule has 6 heteroatoms. The highest BCUT2D eigenvalue weighted by molar-refractivity contribution is 5.76. The fourth-order valence-electron chi connectivity index (χ4n) is 8.63. The van der Waals surface area contributed by atoms with Gasteiger partial charge in [0.25, 0.3) is 0 Å². The standard InChI is InChI=1S/C57H109NO5/c1-3-5-7-9-11-13-15-17-19-21-23-25-27-29-33-37-41-45-49-55(60)54(53-59)58-56(61)50-46-42-38-34-31-32-36-40-44-48-52-63-57(62)51-47-43-39-35-30-28-26-24-22-20-18-16-14-12-10-8-6-4-2/h20,22,32,36,54-55,59-60H,3-19,21,23-31,33-35,37-53H2,1-2H3,(H,58,61)/b22-20-,36-32-. The molecule has 0 bridgehead atoms. The van der Waals surface area contributed by atoms with Crippen LogP contribution in [0.2, 0.25) is 0 Å². The fourth-order valence-corrected chi connectivity index (χ4v) is 8.63. The zero-order chi connectivity index (χ0) is 45.8. The van der Waals surface area contributed by atoms with Crippen molar-refractivity contribution >= 4 is 11.9 Å². The number of allylic oxidation sites excluding steroid dienone is 4. The number of hydrogen-bond donors (Lipinski definition) is 3. The van der Waals surface area contributed by atoms with Crippen molar-refractivity contribution < 1.29 is 24.5 Å². The van der Waals surface area contributed by atoms with Crippen molar-refractivity contribution in [2.24, 2.45) is 0 Å². The van der Waals surface area contributed by atoms with E-state index in [4.69, 9.17) is 4.74 Å². The van der Waals surface area contributed by atoms with Gasteiger partial charge in [0.05, 0.1) is 25.4 Å². The van der Waals surface area contributed by atoms with Crippen molar-refractivity contribution in [3.05, 3.63) is 24.3 Å². The van der Waals surface area contributed by atoms with Crippen molar-refractivity contribution in [3.63, 3.8) is 0 Å². The number of ether oxygens (including phenoxy) is 1. The van der Waals surface area contributed by atoms with Crippen LogP contribution in [0.3, 0.4) is 0 Å². The number of unbranched alkanes of at least 4 members (excludes halogenated alkanes) is 37. The third-order valence-corrected chi connectivity index (χ3v) is 13.0. The van der Waals surface area contributed by atoms with Gasteiger partial charge < -0.3 is 20.3 Å². The minimum absolute atomic E-state index is 0.0388. The summed E-state index contributed by atoms with van der Waals surface area (Å²) < 4.78 is 5.45. The minimum atomic E-state index is -0.686. The molecular formula is C57H109NO5. The third-order valence-electron chi connectivity index (χ3n) is 13.0. The molecule has 372 valence electrons. The monoisotopic (exact) mass is 888 g/mol. The lowest BCUT2D eigenvalue weighted by Gasteiger charge is -2.22. The first-order chi connectivity index (χ1) is 31.0. The van der Waals surface area contributed by atoms with Crippen molar-refractivity contribution in [1.29, 1.82) is 0 Å². The Morgan fingerprint density at radius 1 is 0.429 bits per heavy atom. The zero-order valence-electron chi connectivity index (χ0n) is 42.3. The smallest absolute Gasteiger partial charge is 0.305 e. The first kappa shape index (κ1) is 61.3. The second kappa shape index (κ2) is 53.0. The highest BCUT2D eigenvalue weighted by atomic mass is 16.5. The number of nitrogens with one attached hydrogen (secondary N) is 1. The molecule has 0 heterocycles. The van der Waals surface area contributed by atoms with Gasteiger partial charge in [-0.2, -0.15) is 0 Å².